The first-order valence-corrected chi connectivity index (χ1v) is 18.2. The first-order chi connectivity index (χ1) is 20.1. The number of esters is 1. The maximum absolute atomic E-state index is 12.6. The number of carboxylic acid groups (broad SMARTS) is 1. The summed E-state index contributed by atoms with van der Waals surface area (Å²) in [6.45, 7) is 4.53. The summed E-state index contributed by atoms with van der Waals surface area (Å²) < 4.78 is 5.96. The zero-order valence-corrected chi connectivity index (χ0v) is 27.6. The van der Waals surface area contributed by atoms with Gasteiger partial charge in [-0.3, -0.25) is 9.59 Å². The quantitative estimate of drug-likeness (QED) is 0.0478. The number of hydrogen-bond donors (Lipinski definition) is 1. The second-order valence-electron chi connectivity index (χ2n) is 12.4. The molecule has 4 nitrogen and oxygen atoms in total. The number of hydrogen-bond acceptors (Lipinski definition) is 3. The Labute approximate surface area is 255 Å². The van der Waals surface area contributed by atoms with Crippen molar-refractivity contribution in [3.05, 3.63) is 12.2 Å². The molecule has 0 aromatic rings. The Balaban J connectivity index is 4.08. The van der Waals surface area contributed by atoms with Gasteiger partial charge >= 0.3 is 11.9 Å². The second kappa shape index (κ2) is 33.2. The molecule has 0 spiro atoms. The lowest BCUT2D eigenvalue weighted by Crippen LogP contribution is -2.18. The van der Waals surface area contributed by atoms with Gasteiger partial charge < -0.3 is 9.84 Å². The summed E-state index contributed by atoms with van der Waals surface area (Å²) in [7, 11) is 0. The highest BCUT2D eigenvalue weighted by Gasteiger charge is 2.14. The first kappa shape index (κ1) is 39.7. The Kier molecular flexibility index (Phi) is 32.1. The standard InChI is InChI=1S/C37H70O4/c1-3-5-7-9-11-13-15-17-19-21-26-30-34-37(40)41-35(32-28-24-22-25-29-33-36(38)39)31-27-23-20-18-16-14-12-10-8-6-4-2/h18,20,35H,3-17,19,21-34H2,1-2H3,(H,38,39)/b20-18-. The molecule has 0 aliphatic heterocycles. The van der Waals surface area contributed by atoms with E-state index >= 15 is 0 Å². The van der Waals surface area contributed by atoms with E-state index < -0.39 is 5.97 Å². The van der Waals surface area contributed by atoms with Crippen LogP contribution in [-0.4, -0.2) is 23.1 Å². The Bertz CT molecular complexity index is 585. The van der Waals surface area contributed by atoms with E-state index in [-0.39, 0.29) is 18.5 Å². The molecule has 4 heteroatoms. The maximum Gasteiger partial charge on any atom is 0.306 e. The van der Waals surface area contributed by atoms with Gasteiger partial charge in [0.15, 0.2) is 0 Å². The molecular formula is C37H70O4. The van der Waals surface area contributed by atoms with Gasteiger partial charge in [0, 0.05) is 12.8 Å². The summed E-state index contributed by atoms with van der Waals surface area (Å²) in [5, 5.41) is 8.79. The van der Waals surface area contributed by atoms with Crippen molar-refractivity contribution < 1.29 is 19.4 Å². The molecule has 0 aromatic heterocycles. The lowest BCUT2D eigenvalue weighted by Gasteiger charge is -2.18. The number of ether oxygens (including phenoxy) is 1. The molecule has 0 rings (SSSR count). The molecule has 1 atom stereocenters. The summed E-state index contributed by atoms with van der Waals surface area (Å²) >= 11 is 0. The molecule has 0 aliphatic carbocycles. The average Bonchev–Trinajstić information content (AvgIpc) is 2.95. The molecule has 0 heterocycles. The molecule has 0 aromatic carbocycles. The fourth-order valence-corrected chi connectivity index (χ4v) is 5.54. The normalized spacial score (nSPS) is 12.2. The summed E-state index contributed by atoms with van der Waals surface area (Å²) in [5.74, 6) is -0.715. The van der Waals surface area contributed by atoms with Crippen molar-refractivity contribution in [2.45, 2.75) is 213 Å². The van der Waals surface area contributed by atoms with Crippen molar-refractivity contribution in [3.8, 4) is 0 Å². The SMILES string of the molecule is CCCCCCCC/C=C\CCCC(CCCCCCCC(=O)O)OC(=O)CCCCCCCCCCCCCC. The van der Waals surface area contributed by atoms with E-state index in [9.17, 15) is 9.59 Å². The van der Waals surface area contributed by atoms with E-state index in [1.54, 1.807) is 0 Å². The number of allylic oxidation sites excluding steroid dienone is 2. The fraction of sp³-hybridized carbons (Fsp3) is 0.892. The number of aliphatic carboxylic acids is 1. The van der Waals surface area contributed by atoms with Crippen molar-refractivity contribution in [1.29, 1.82) is 0 Å². The Hall–Kier alpha value is -1.32. The van der Waals surface area contributed by atoms with E-state index in [0.717, 1.165) is 70.6 Å². The molecule has 0 aliphatic rings. The van der Waals surface area contributed by atoms with Crippen LogP contribution in [0.15, 0.2) is 12.2 Å². The van der Waals surface area contributed by atoms with Gasteiger partial charge in [-0.15, -0.1) is 0 Å². The fourth-order valence-electron chi connectivity index (χ4n) is 5.54. The van der Waals surface area contributed by atoms with Gasteiger partial charge in [-0.25, -0.2) is 0 Å². The van der Waals surface area contributed by atoms with E-state index in [0.29, 0.717) is 6.42 Å². The van der Waals surface area contributed by atoms with Crippen LogP contribution in [0.1, 0.15) is 206 Å². The minimum absolute atomic E-state index is 0.0119. The van der Waals surface area contributed by atoms with E-state index in [1.807, 2.05) is 0 Å². The lowest BCUT2D eigenvalue weighted by atomic mass is 10.0. The highest BCUT2D eigenvalue weighted by atomic mass is 16.5. The van der Waals surface area contributed by atoms with Crippen LogP contribution in [0.4, 0.5) is 0 Å². The number of carbonyl (C=O) groups is 2. The third-order valence-corrected chi connectivity index (χ3v) is 8.24. The van der Waals surface area contributed by atoms with Gasteiger partial charge in [0.05, 0.1) is 0 Å². The molecule has 0 fully saturated rings. The zero-order valence-electron chi connectivity index (χ0n) is 27.6. The van der Waals surface area contributed by atoms with Gasteiger partial charge in [0.2, 0.25) is 0 Å². The van der Waals surface area contributed by atoms with Crippen LogP contribution >= 0.6 is 0 Å². The van der Waals surface area contributed by atoms with Crippen LogP contribution in [-0.2, 0) is 14.3 Å². The van der Waals surface area contributed by atoms with Gasteiger partial charge in [-0.1, -0.05) is 148 Å². The third kappa shape index (κ3) is 33.1. The van der Waals surface area contributed by atoms with Crippen LogP contribution < -0.4 is 0 Å². The lowest BCUT2D eigenvalue weighted by molar-refractivity contribution is -0.150. The first-order valence-electron chi connectivity index (χ1n) is 18.2. The molecule has 1 unspecified atom stereocenters. The summed E-state index contributed by atoms with van der Waals surface area (Å²) in [4.78, 5) is 23.3. The molecule has 0 saturated carbocycles. The van der Waals surface area contributed by atoms with Crippen molar-refractivity contribution in [2.75, 3.05) is 0 Å². The van der Waals surface area contributed by atoms with Crippen LogP contribution in [0.3, 0.4) is 0 Å². The van der Waals surface area contributed by atoms with Gasteiger partial charge in [-0.05, 0) is 57.8 Å². The summed E-state index contributed by atoms with van der Waals surface area (Å²) in [5.41, 5.74) is 0. The highest BCUT2D eigenvalue weighted by molar-refractivity contribution is 5.69. The topological polar surface area (TPSA) is 63.6 Å². The average molecular weight is 579 g/mol. The Morgan fingerprint density at radius 2 is 0.902 bits per heavy atom. The van der Waals surface area contributed by atoms with Gasteiger partial charge in [-0.2, -0.15) is 0 Å². The minimum Gasteiger partial charge on any atom is -0.481 e. The second-order valence-corrected chi connectivity index (χ2v) is 12.4. The number of carboxylic acids is 1. The molecule has 0 amide bonds. The molecule has 0 bridgehead atoms. The van der Waals surface area contributed by atoms with Gasteiger partial charge in [0.1, 0.15) is 6.10 Å². The molecule has 0 radical (unpaired) electrons. The number of carbonyl (C=O) groups excluding carboxylic acids is 1. The maximum atomic E-state index is 12.6. The van der Waals surface area contributed by atoms with Crippen molar-refractivity contribution in [3.63, 3.8) is 0 Å². The van der Waals surface area contributed by atoms with E-state index in [2.05, 4.69) is 26.0 Å². The smallest absolute Gasteiger partial charge is 0.306 e. The largest absolute Gasteiger partial charge is 0.481 e. The van der Waals surface area contributed by atoms with Crippen molar-refractivity contribution in [2.24, 2.45) is 0 Å². The van der Waals surface area contributed by atoms with Crippen LogP contribution in [0.5, 0.6) is 0 Å². The Morgan fingerprint density at radius 3 is 1.41 bits per heavy atom. The highest BCUT2D eigenvalue weighted by Crippen LogP contribution is 2.18. The van der Waals surface area contributed by atoms with E-state index in [1.165, 1.54) is 109 Å². The molecular weight excluding hydrogens is 508 g/mol. The minimum atomic E-state index is -0.703. The molecule has 242 valence electrons. The predicted octanol–water partition coefficient (Wildman–Crippen LogP) is 12.3. The zero-order chi connectivity index (χ0) is 30.1. The summed E-state index contributed by atoms with van der Waals surface area (Å²) in [6, 6.07) is 0. The number of rotatable bonds is 33. The van der Waals surface area contributed by atoms with Crippen LogP contribution in [0.25, 0.3) is 0 Å². The molecule has 41 heavy (non-hydrogen) atoms. The van der Waals surface area contributed by atoms with Crippen molar-refractivity contribution >= 4 is 11.9 Å². The van der Waals surface area contributed by atoms with Crippen LogP contribution in [0, 0.1) is 0 Å². The molecule has 1 N–H and O–H groups in total. The predicted molar refractivity (Wildman–Crippen MR) is 177 cm³/mol. The Morgan fingerprint density at radius 1 is 0.512 bits per heavy atom. The van der Waals surface area contributed by atoms with Crippen LogP contribution in [0.2, 0.25) is 0 Å². The van der Waals surface area contributed by atoms with E-state index in [4.69, 9.17) is 9.84 Å². The monoisotopic (exact) mass is 579 g/mol. The third-order valence-electron chi connectivity index (χ3n) is 8.24. The van der Waals surface area contributed by atoms with Gasteiger partial charge in [0.25, 0.3) is 0 Å². The molecule has 0 saturated heterocycles. The van der Waals surface area contributed by atoms with Crippen molar-refractivity contribution in [1.82, 2.24) is 0 Å². The summed E-state index contributed by atoms with van der Waals surface area (Å²) in [6.07, 6.45) is 39.3. The number of unbranched alkanes of at least 4 members (excludes halogenated alkanes) is 22.